The maximum atomic E-state index is 4.55. The molecule has 0 fully saturated rings. The van der Waals surface area contributed by atoms with Crippen LogP contribution < -0.4 is 0 Å². The first-order valence-electron chi connectivity index (χ1n) is 8.32. The second-order valence-corrected chi connectivity index (χ2v) is 5.61. The van der Waals surface area contributed by atoms with Crippen LogP contribution in [0, 0.1) is 0 Å². The first kappa shape index (κ1) is 17.3. The number of benzene rings is 2. The predicted octanol–water partition coefficient (Wildman–Crippen LogP) is 5.24. The van der Waals surface area contributed by atoms with Crippen LogP contribution in [0.1, 0.15) is 18.1 Å². The number of nitrogens with zero attached hydrogens (tertiary/aromatic N) is 4. The summed E-state index contributed by atoms with van der Waals surface area (Å²) in [5.74, 6) is 0. The van der Waals surface area contributed by atoms with Crippen molar-refractivity contribution in [1.82, 2.24) is 9.55 Å². The average molecular weight is 340 g/mol. The maximum absolute atomic E-state index is 4.55. The number of aromatic nitrogens is 2. The zero-order valence-corrected chi connectivity index (χ0v) is 14.7. The van der Waals surface area contributed by atoms with E-state index in [1.807, 2.05) is 72.5 Å². The van der Waals surface area contributed by atoms with Gasteiger partial charge in [-0.05, 0) is 60.7 Å². The SMILES string of the molecule is C=N/C=C\C(=C/C)c1ccc(N=Cc2ccc(-n3ccnc3)cc2)cc1. The van der Waals surface area contributed by atoms with Crippen molar-refractivity contribution in [3.05, 3.63) is 96.7 Å². The van der Waals surface area contributed by atoms with Crippen LogP contribution in [0.3, 0.4) is 0 Å². The zero-order chi connectivity index (χ0) is 18.2. The third-order valence-electron chi connectivity index (χ3n) is 3.93. The van der Waals surface area contributed by atoms with Gasteiger partial charge in [0.2, 0.25) is 0 Å². The lowest BCUT2D eigenvalue weighted by Crippen LogP contribution is -1.90. The Morgan fingerprint density at radius 2 is 1.85 bits per heavy atom. The van der Waals surface area contributed by atoms with Gasteiger partial charge in [0, 0.05) is 30.5 Å². The Morgan fingerprint density at radius 1 is 1.08 bits per heavy atom. The maximum Gasteiger partial charge on any atom is 0.0991 e. The van der Waals surface area contributed by atoms with Crippen molar-refractivity contribution in [1.29, 1.82) is 0 Å². The molecule has 128 valence electrons. The molecule has 3 rings (SSSR count). The molecule has 0 N–H and O–H groups in total. The van der Waals surface area contributed by atoms with Gasteiger partial charge in [0.05, 0.1) is 12.0 Å². The van der Waals surface area contributed by atoms with Gasteiger partial charge in [-0.2, -0.15) is 0 Å². The summed E-state index contributed by atoms with van der Waals surface area (Å²) >= 11 is 0. The second-order valence-electron chi connectivity index (χ2n) is 5.61. The zero-order valence-electron chi connectivity index (χ0n) is 14.7. The minimum Gasteiger partial charge on any atom is -0.306 e. The first-order chi connectivity index (χ1) is 12.8. The quantitative estimate of drug-likeness (QED) is 0.447. The topological polar surface area (TPSA) is 42.5 Å². The molecular formula is C22H20N4. The Labute approximate surface area is 153 Å². The summed E-state index contributed by atoms with van der Waals surface area (Å²) < 4.78 is 1.97. The Kier molecular flexibility index (Phi) is 5.68. The molecule has 0 bridgehead atoms. The third-order valence-corrected chi connectivity index (χ3v) is 3.93. The van der Waals surface area contributed by atoms with E-state index in [1.54, 1.807) is 18.7 Å². The molecule has 0 aliphatic heterocycles. The molecule has 4 nitrogen and oxygen atoms in total. The standard InChI is InChI=1S/C22H20N4/c1-3-19(12-13-23-2)20-6-8-21(9-7-20)25-16-18-4-10-22(11-5-18)26-15-14-24-17-26/h3-17H,2H2,1H3/b13-12-,19-3+,25-16?. The summed E-state index contributed by atoms with van der Waals surface area (Å²) in [6, 6.07) is 16.3. The van der Waals surface area contributed by atoms with E-state index in [4.69, 9.17) is 0 Å². The Bertz CT molecular complexity index is 929. The molecule has 4 heteroatoms. The summed E-state index contributed by atoms with van der Waals surface area (Å²) in [6.07, 6.45) is 13.0. The van der Waals surface area contributed by atoms with Gasteiger partial charge in [-0.25, -0.2) is 4.98 Å². The van der Waals surface area contributed by atoms with Crippen LogP contribution in [0.25, 0.3) is 11.3 Å². The van der Waals surface area contributed by atoms with E-state index in [0.29, 0.717) is 0 Å². The molecule has 2 aromatic carbocycles. The summed E-state index contributed by atoms with van der Waals surface area (Å²) in [5.41, 5.74) is 5.25. The number of imidazole rings is 1. The molecule has 0 aliphatic carbocycles. The molecule has 3 aromatic rings. The van der Waals surface area contributed by atoms with Gasteiger partial charge in [0.25, 0.3) is 0 Å². The lowest BCUT2D eigenvalue weighted by atomic mass is 10.1. The van der Waals surface area contributed by atoms with Crippen molar-refractivity contribution in [2.75, 3.05) is 0 Å². The van der Waals surface area contributed by atoms with E-state index in [0.717, 1.165) is 28.1 Å². The summed E-state index contributed by atoms with van der Waals surface area (Å²) in [4.78, 5) is 12.4. The van der Waals surface area contributed by atoms with Crippen LogP contribution in [0.2, 0.25) is 0 Å². The van der Waals surface area contributed by atoms with Gasteiger partial charge >= 0.3 is 0 Å². The van der Waals surface area contributed by atoms with E-state index in [1.165, 1.54) is 0 Å². The Balaban J connectivity index is 1.70. The normalized spacial score (nSPS) is 12.1. The van der Waals surface area contributed by atoms with E-state index in [-0.39, 0.29) is 0 Å². The third kappa shape index (κ3) is 4.30. The van der Waals surface area contributed by atoms with Crippen LogP contribution in [-0.4, -0.2) is 22.5 Å². The Morgan fingerprint density at radius 3 is 2.46 bits per heavy atom. The molecule has 0 unspecified atom stereocenters. The van der Waals surface area contributed by atoms with Crippen LogP contribution in [-0.2, 0) is 0 Å². The van der Waals surface area contributed by atoms with Crippen LogP contribution in [0.15, 0.2) is 95.6 Å². The van der Waals surface area contributed by atoms with Crippen molar-refractivity contribution >= 4 is 24.2 Å². The van der Waals surface area contributed by atoms with Gasteiger partial charge in [0.15, 0.2) is 0 Å². The molecule has 0 spiro atoms. The molecule has 26 heavy (non-hydrogen) atoms. The Hall–Kier alpha value is -3.53. The molecule has 0 atom stereocenters. The average Bonchev–Trinajstić information content (AvgIpc) is 3.23. The molecule has 0 saturated heterocycles. The highest BCUT2D eigenvalue weighted by molar-refractivity contribution is 5.82. The molecule has 1 heterocycles. The predicted molar refractivity (Wildman–Crippen MR) is 110 cm³/mol. The largest absolute Gasteiger partial charge is 0.306 e. The van der Waals surface area contributed by atoms with E-state index >= 15 is 0 Å². The first-order valence-corrected chi connectivity index (χ1v) is 8.32. The van der Waals surface area contributed by atoms with E-state index < -0.39 is 0 Å². The lowest BCUT2D eigenvalue weighted by molar-refractivity contribution is 1.06. The fraction of sp³-hybridized carbons (Fsp3) is 0.0455. The lowest BCUT2D eigenvalue weighted by Gasteiger charge is -2.03. The van der Waals surface area contributed by atoms with Gasteiger partial charge in [-0.3, -0.25) is 9.98 Å². The fourth-order valence-electron chi connectivity index (χ4n) is 2.53. The molecule has 0 radical (unpaired) electrons. The summed E-state index contributed by atoms with van der Waals surface area (Å²) in [6.45, 7) is 5.46. The van der Waals surface area contributed by atoms with Crippen molar-refractivity contribution < 1.29 is 0 Å². The number of hydrogen-bond acceptors (Lipinski definition) is 3. The number of allylic oxidation sites excluding steroid dienone is 3. The van der Waals surface area contributed by atoms with Crippen molar-refractivity contribution in [2.45, 2.75) is 6.92 Å². The van der Waals surface area contributed by atoms with Gasteiger partial charge < -0.3 is 4.57 Å². The van der Waals surface area contributed by atoms with Crippen LogP contribution in [0.4, 0.5) is 5.69 Å². The van der Waals surface area contributed by atoms with Gasteiger partial charge in [-0.1, -0.05) is 30.3 Å². The highest BCUT2D eigenvalue weighted by Gasteiger charge is 1.98. The number of aliphatic imine (C=N–C) groups is 2. The molecular weight excluding hydrogens is 320 g/mol. The monoisotopic (exact) mass is 340 g/mol. The highest BCUT2D eigenvalue weighted by atomic mass is 15.0. The molecule has 1 aromatic heterocycles. The molecule has 0 aliphatic rings. The molecule has 0 saturated carbocycles. The van der Waals surface area contributed by atoms with Crippen LogP contribution in [0.5, 0.6) is 0 Å². The minimum absolute atomic E-state index is 0.911. The number of hydrogen-bond donors (Lipinski definition) is 0. The van der Waals surface area contributed by atoms with Gasteiger partial charge in [-0.15, -0.1) is 0 Å². The van der Waals surface area contributed by atoms with Crippen molar-refractivity contribution in [3.8, 4) is 5.69 Å². The van der Waals surface area contributed by atoms with Crippen LogP contribution >= 0.6 is 0 Å². The second kappa shape index (κ2) is 8.53. The highest BCUT2D eigenvalue weighted by Crippen LogP contribution is 2.20. The van der Waals surface area contributed by atoms with Crippen molar-refractivity contribution in [2.24, 2.45) is 9.98 Å². The van der Waals surface area contributed by atoms with Gasteiger partial charge in [0.1, 0.15) is 0 Å². The van der Waals surface area contributed by atoms with E-state index in [9.17, 15) is 0 Å². The summed E-state index contributed by atoms with van der Waals surface area (Å²) in [7, 11) is 0. The van der Waals surface area contributed by atoms with E-state index in [2.05, 4.69) is 33.8 Å². The van der Waals surface area contributed by atoms with Crippen molar-refractivity contribution in [3.63, 3.8) is 0 Å². The number of rotatable bonds is 6. The minimum atomic E-state index is 0.911. The summed E-state index contributed by atoms with van der Waals surface area (Å²) in [5, 5.41) is 0. The molecule has 0 amide bonds. The fourth-order valence-corrected chi connectivity index (χ4v) is 2.53. The smallest absolute Gasteiger partial charge is 0.0991 e.